The van der Waals surface area contributed by atoms with E-state index < -0.39 is 0 Å². The van der Waals surface area contributed by atoms with Gasteiger partial charge in [0, 0.05) is 5.41 Å². The summed E-state index contributed by atoms with van der Waals surface area (Å²) in [5.74, 6) is 0.628. The Balaban J connectivity index is 2.01. The Morgan fingerprint density at radius 1 is 0.810 bits per heavy atom. The molecule has 21 heavy (non-hydrogen) atoms. The molecule has 0 N–H and O–H groups in total. The normalized spacial score (nSPS) is 23.2. The van der Waals surface area contributed by atoms with Crippen LogP contribution in [0.1, 0.15) is 67.2 Å². The molecule has 2 aromatic rings. The first-order valence-electron chi connectivity index (χ1n) is 8.49. The highest BCUT2D eigenvalue weighted by Crippen LogP contribution is 2.50. The highest BCUT2D eigenvalue weighted by molar-refractivity contribution is 5.51. The summed E-state index contributed by atoms with van der Waals surface area (Å²) in [5, 5.41) is 0. The van der Waals surface area contributed by atoms with Crippen molar-refractivity contribution in [2.45, 2.75) is 56.8 Å². The molecule has 1 atom stereocenters. The van der Waals surface area contributed by atoms with Crippen molar-refractivity contribution >= 4 is 0 Å². The monoisotopic (exact) mass is 276 g/mol. The summed E-state index contributed by atoms with van der Waals surface area (Å²) in [4.78, 5) is 0. The van der Waals surface area contributed by atoms with E-state index in [1.165, 1.54) is 38.5 Å². The van der Waals surface area contributed by atoms with Crippen molar-refractivity contribution in [3.05, 3.63) is 70.8 Å². The van der Waals surface area contributed by atoms with Crippen LogP contribution in [0, 0.1) is 0 Å². The van der Waals surface area contributed by atoms with E-state index in [4.69, 9.17) is 0 Å². The first-order chi connectivity index (χ1) is 10.3. The summed E-state index contributed by atoms with van der Waals surface area (Å²) in [7, 11) is 0. The molecule has 0 aromatic heterocycles. The summed E-state index contributed by atoms with van der Waals surface area (Å²) in [6.45, 7) is 2.40. The molecule has 4 rings (SSSR count). The summed E-state index contributed by atoms with van der Waals surface area (Å²) in [6, 6.07) is 18.5. The van der Waals surface area contributed by atoms with Gasteiger partial charge in [-0.3, -0.25) is 0 Å². The van der Waals surface area contributed by atoms with Crippen molar-refractivity contribution in [3.63, 3.8) is 0 Å². The first-order valence-corrected chi connectivity index (χ1v) is 8.49. The lowest BCUT2D eigenvalue weighted by Gasteiger charge is -2.40. The van der Waals surface area contributed by atoms with Gasteiger partial charge in [-0.1, -0.05) is 74.7 Å². The minimum atomic E-state index is 0.288. The molecule has 1 unspecified atom stereocenters. The third kappa shape index (κ3) is 1.96. The molecule has 0 nitrogen and oxygen atoms in total. The van der Waals surface area contributed by atoms with Crippen LogP contribution < -0.4 is 0 Å². The van der Waals surface area contributed by atoms with Crippen LogP contribution in [-0.2, 0) is 11.8 Å². The molecule has 1 fully saturated rings. The topological polar surface area (TPSA) is 0 Å². The van der Waals surface area contributed by atoms with Gasteiger partial charge in [0.05, 0.1) is 0 Å². The van der Waals surface area contributed by atoms with Gasteiger partial charge >= 0.3 is 0 Å². The lowest BCUT2D eigenvalue weighted by Crippen LogP contribution is -2.31. The zero-order valence-electron chi connectivity index (χ0n) is 12.9. The summed E-state index contributed by atoms with van der Waals surface area (Å²) >= 11 is 0. The van der Waals surface area contributed by atoms with E-state index in [2.05, 4.69) is 55.5 Å². The second-order valence-corrected chi connectivity index (χ2v) is 6.99. The summed E-state index contributed by atoms with van der Waals surface area (Å²) < 4.78 is 0. The van der Waals surface area contributed by atoms with Crippen LogP contribution in [0.2, 0.25) is 0 Å². The lowest BCUT2D eigenvalue weighted by molar-refractivity contribution is 0.344. The average molecular weight is 276 g/mol. The molecule has 2 aliphatic carbocycles. The Kier molecular flexibility index (Phi) is 3.14. The van der Waals surface area contributed by atoms with Crippen molar-refractivity contribution in [1.82, 2.24) is 0 Å². The van der Waals surface area contributed by atoms with Gasteiger partial charge in [0.25, 0.3) is 0 Å². The lowest BCUT2D eigenvalue weighted by atomic mass is 9.64. The second kappa shape index (κ2) is 5.02. The van der Waals surface area contributed by atoms with Gasteiger partial charge in [0.2, 0.25) is 0 Å². The molecule has 0 heterocycles. The van der Waals surface area contributed by atoms with Crippen molar-refractivity contribution in [1.29, 1.82) is 0 Å². The van der Waals surface area contributed by atoms with E-state index in [0.29, 0.717) is 5.92 Å². The number of rotatable bonds is 0. The smallest absolute Gasteiger partial charge is 0.0208 e. The van der Waals surface area contributed by atoms with Gasteiger partial charge in [-0.2, -0.15) is 0 Å². The number of benzene rings is 2. The Morgan fingerprint density at radius 3 is 2.29 bits per heavy atom. The molecule has 2 aliphatic rings. The quantitative estimate of drug-likeness (QED) is 0.588. The summed E-state index contributed by atoms with van der Waals surface area (Å²) in [6.07, 6.45) is 7.99. The van der Waals surface area contributed by atoms with Crippen molar-refractivity contribution < 1.29 is 0 Å². The Bertz CT molecular complexity index is 647. The largest absolute Gasteiger partial charge is 0.0620 e. The van der Waals surface area contributed by atoms with E-state index in [1.54, 1.807) is 22.3 Å². The second-order valence-electron chi connectivity index (χ2n) is 6.99. The van der Waals surface area contributed by atoms with Crippen molar-refractivity contribution in [3.8, 4) is 0 Å². The van der Waals surface area contributed by atoms with Crippen molar-refractivity contribution in [2.24, 2.45) is 0 Å². The SMILES string of the molecule is CC1Cc2ccccc2C2(CCCCC2)c2ccccc21. The third-order valence-corrected chi connectivity index (χ3v) is 5.77. The number of hydrogen-bond acceptors (Lipinski definition) is 0. The summed E-state index contributed by atoms with van der Waals surface area (Å²) in [5.41, 5.74) is 6.72. The van der Waals surface area contributed by atoms with E-state index in [1.807, 2.05) is 0 Å². The van der Waals surface area contributed by atoms with Gasteiger partial charge in [0.15, 0.2) is 0 Å². The maximum atomic E-state index is 2.42. The van der Waals surface area contributed by atoms with Crippen molar-refractivity contribution in [2.75, 3.05) is 0 Å². The maximum Gasteiger partial charge on any atom is 0.0208 e. The van der Waals surface area contributed by atoms with E-state index >= 15 is 0 Å². The Labute approximate surface area is 128 Å². The predicted molar refractivity (Wildman–Crippen MR) is 88.9 cm³/mol. The molecule has 0 radical (unpaired) electrons. The highest BCUT2D eigenvalue weighted by atomic mass is 14.4. The molecule has 1 saturated carbocycles. The zero-order valence-corrected chi connectivity index (χ0v) is 12.9. The fourth-order valence-corrected chi connectivity index (χ4v) is 4.81. The van der Waals surface area contributed by atoms with E-state index in [-0.39, 0.29) is 5.41 Å². The third-order valence-electron chi connectivity index (χ3n) is 5.77. The molecule has 0 heteroatoms. The van der Waals surface area contributed by atoms with Gasteiger partial charge in [-0.05, 0) is 47.4 Å². The first kappa shape index (κ1) is 13.1. The number of hydrogen-bond donors (Lipinski definition) is 0. The van der Waals surface area contributed by atoms with Crippen LogP contribution in [0.15, 0.2) is 48.5 Å². The maximum absolute atomic E-state index is 2.42. The molecule has 0 saturated heterocycles. The molecular formula is C21H24. The number of fused-ring (bicyclic) bond motifs is 4. The minimum Gasteiger partial charge on any atom is -0.0620 e. The van der Waals surface area contributed by atoms with Gasteiger partial charge in [0.1, 0.15) is 0 Å². The highest BCUT2D eigenvalue weighted by Gasteiger charge is 2.40. The standard InChI is InChI=1S/C21H24/c1-16-15-17-9-3-5-11-19(17)21(13-7-2-8-14-21)20-12-6-4-10-18(16)20/h3-6,9-12,16H,2,7-8,13-15H2,1H3. The molecular weight excluding hydrogens is 252 g/mol. The predicted octanol–water partition coefficient (Wildman–Crippen LogP) is 5.60. The van der Waals surface area contributed by atoms with Crippen LogP contribution in [0.3, 0.4) is 0 Å². The Hall–Kier alpha value is -1.56. The van der Waals surface area contributed by atoms with Crippen LogP contribution in [0.5, 0.6) is 0 Å². The fourth-order valence-electron chi connectivity index (χ4n) is 4.81. The van der Waals surface area contributed by atoms with Crippen LogP contribution >= 0.6 is 0 Å². The van der Waals surface area contributed by atoms with E-state index in [9.17, 15) is 0 Å². The van der Waals surface area contributed by atoms with Crippen LogP contribution in [0.4, 0.5) is 0 Å². The zero-order chi connectivity index (χ0) is 14.3. The van der Waals surface area contributed by atoms with Gasteiger partial charge < -0.3 is 0 Å². The average Bonchev–Trinajstić information content (AvgIpc) is 2.64. The molecule has 1 spiro atoms. The van der Waals surface area contributed by atoms with Gasteiger partial charge in [-0.15, -0.1) is 0 Å². The molecule has 2 aromatic carbocycles. The van der Waals surface area contributed by atoms with Crippen LogP contribution in [0.25, 0.3) is 0 Å². The Morgan fingerprint density at radius 2 is 1.48 bits per heavy atom. The molecule has 0 bridgehead atoms. The van der Waals surface area contributed by atoms with Crippen LogP contribution in [-0.4, -0.2) is 0 Å². The molecule has 0 amide bonds. The molecule has 108 valence electrons. The fraction of sp³-hybridized carbons (Fsp3) is 0.429. The molecule has 0 aliphatic heterocycles. The van der Waals surface area contributed by atoms with E-state index in [0.717, 1.165) is 0 Å². The minimum absolute atomic E-state index is 0.288. The van der Waals surface area contributed by atoms with Gasteiger partial charge in [-0.25, -0.2) is 0 Å².